The first-order valence-electron chi connectivity index (χ1n) is 6.51. The van der Waals surface area contributed by atoms with Crippen LogP contribution in [0.3, 0.4) is 0 Å². The van der Waals surface area contributed by atoms with E-state index in [4.69, 9.17) is 5.73 Å². The summed E-state index contributed by atoms with van der Waals surface area (Å²) >= 11 is 0. The quantitative estimate of drug-likeness (QED) is 0.660. The molecule has 1 amide bonds. The minimum absolute atomic E-state index is 0.162. The molecule has 0 atom stereocenters. The largest absolute Gasteiger partial charge is 0.508 e. The van der Waals surface area contributed by atoms with Crippen LogP contribution in [-0.4, -0.2) is 11.0 Å². The third-order valence-electron chi connectivity index (χ3n) is 3.18. The fourth-order valence-corrected chi connectivity index (χ4v) is 2.26. The number of carbonyl (C=O) groups excluding carboxylic acids is 1. The van der Waals surface area contributed by atoms with Gasteiger partial charge < -0.3 is 10.8 Å². The highest BCUT2D eigenvalue weighted by atomic mass is 16.3. The lowest BCUT2D eigenvalue weighted by molar-refractivity contribution is -0.112. The third-order valence-corrected chi connectivity index (χ3v) is 3.18. The number of amides is 1. The Hall–Kier alpha value is -2.55. The summed E-state index contributed by atoms with van der Waals surface area (Å²) in [6.45, 7) is 1.99. The molecule has 0 spiro atoms. The Bertz CT molecular complexity index is 628. The molecule has 0 heterocycles. The fourth-order valence-electron chi connectivity index (χ4n) is 2.26. The molecule has 2 aromatic rings. The van der Waals surface area contributed by atoms with Gasteiger partial charge in [0.05, 0.1) is 5.57 Å². The number of hydrogen-bond donors (Lipinski definition) is 2. The third kappa shape index (κ3) is 2.88. The van der Waals surface area contributed by atoms with Crippen molar-refractivity contribution in [3.8, 4) is 5.75 Å². The molecule has 0 radical (unpaired) electrons. The number of phenolic OH excluding ortho intramolecular Hbond substituents is 1. The Labute approximate surface area is 118 Å². The maximum atomic E-state index is 11.9. The summed E-state index contributed by atoms with van der Waals surface area (Å²) in [5.41, 5.74) is 8.67. The Kier molecular flexibility index (Phi) is 4.20. The molecule has 0 aliphatic carbocycles. The lowest BCUT2D eigenvalue weighted by Crippen LogP contribution is -2.14. The van der Waals surface area contributed by atoms with Gasteiger partial charge in [0.1, 0.15) is 5.75 Å². The normalized spacial score (nSPS) is 11.8. The van der Waals surface area contributed by atoms with Crippen LogP contribution in [-0.2, 0) is 4.79 Å². The van der Waals surface area contributed by atoms with Crippen LogP contribution in [0.5, 0.6) is 5.75 Å². The van der Waals surface area contributed by atoms with Crippen LogP contribution in [0.2, 0.25) is 0 Å². The SMILES string of the molecule is CC/C(=C(\C(N)=O)c1ccc(O)cc1)c1ccccc1. The smallest absolute Gasteiger partial charge is 0.249 e. The number of phenols is 1. The molecule has 0 aliphatic rings. The van der Waals surface area contributed by atoms with E-state index < -0.39 is 5.91 Å². The number of nitrogens with two attached hydrogens (primary N) is 1. The van der Waals surface area contributed by atoms with Crippen molar-refractivity contribution in [3.63, 3.8) is 0 Å². The molecule has 3 N–H and O–H groups in total. The molecule has 0 unspecified atom stereocenters. The predicted molar refractivity (Wildman–Crippen MR) is 80.8 cm³/mol. The summed E-state index contributed by atoms with van der Waals surface area (Å²) in [4.78, 5) is 11.9. The van der Waals surface area contributed by atoms with E-state index in [1.807, 2.05) is 37.3 Å². The fraction of sp³-hybridized carbons (Fsp3) is 0.118. The molecular weight excluding hydrogens is 250 g/mol. The molecule has 2 rings (SSSR count). The van der Waals surface area contributed by atoms with Crippen molar-refractivity contribution < 1.29 is 9.90 Å². The van der Waals surface area contributed by atoms with Gasteiger partial charge in [-0.2, -0.15) is 0 Å². The molecule has 3 heteroatoms. The molecule has 3 nitrogen and oxygen atoms in total. The summed E-state index contributed by atoms with van der Waals surface area (Å²) in [5.74, 6) is -0.299. The Morgan fingerprint density at radius 1 is 1.00 bits per heavy atom. The van der Waals surface area contributed by atoms with Gasteiger partial charge in [0.25, 0.3) is 0 Å². The van der Waals surface area contributed by atoms with Crippen LogP contribution in [0, 0.1) is 0 Å². The standard InChI is InChI=1S/C17H17NO2/c1-2-15(12-6-4-3-5-7-12)16(17(18)20)13-8-10-14(19)11-9-13/h3-11,19H,2H2,1H3,(H2,18,20)/b16-15+. The zero-order chi connectivity index (χ0) is 14.5. The second-order valence-corrected chi connectivity index (χ2v) is 4.48. The minimum atomic E-state index is -0.462. The van der Waals surface area contributed by atoms with Gasteiger partial charge in [-0.25, -0.2) is 0 Å². The topological polar surface area (TPSA) is 63.3 Å². The summed E-state index contributed by atoms with van der Waals surface area (Å²) in [7, 11) is 0. The average molecular weight is 267 g/mol. The van der Waals surface area contributed by atoms with E-state index in [2.05, 4.69) is 0 Å². The average Bonchev–Trinajstić information content (AvgIpc) is 2.46. The Morgan fingerprint density at radius 3 is 2.10 bits per heavy atom. The monoisotopic (exact) mass is 267 g/mol. The molecule has 0 fully saturated rings. The summed E-state index contributed by atoms with van der Waals surface area (Å²) in [6.07, 6.45) is 0.698. The van der Waals surface area contributed by atoms with Gasteiger partial charge in [0, 0.05) is 0 Å². The van der Waals surface area contributed by atoms with Crippen LogP contribution in [0.15, 0.2) is 54.6 Å². The minimum Gasteiger partial charge on any atom is -0.508 e. The van der Waals surface area contributed by atoms with E-state index in [9.17, 15) is 9.90 Å². The molecule has 0 aliphatic heterocycles. The molecule has 2 aromatic carbocycles. The number of hydrogen-bond acceptors (Lipinski definition) is 2. The predicted octanol–water partition coefficient (Wildman–Crippen LogP) is 3.20. The maximum absolute atomic E-state index is 11.9. The lowest BCUT2D eigenvalue weighted by atomic mass is 9.92. The van der Waals surface area contributed by atoms with Gasteiger partial charge in [0.15, 0.2) is 0 Å². The van der Waals surface area contributed by atoms with Crippen LogP contribution >= 0.6 is 0 Å². The molecule has 0 aromatic heterocycles. The molecule has 0 saturated heterocycles. The second kappa shape index (κ2) is 6.06. The zero-order valence-electron chi connectivity index (χ0n) is 11.3. The highest BCUT2D eigenvalue weighted by Crippen LogP contribution is 2.29. The molecule has 102 valence electrons. The van der Waals surface area contributed by atoms with E-state index in [0.29, 0.717) is 12.0 Å². The number of allylic oxidation sites excluding steroid dienone is 1. The van der Waals surface area contributed by atoms with Gasteiger partial charge in [-0.05, 0) is 35.3 Å². The van der Waals surface area contributed by atoms with Gasteiger partial charge >= 0.3 is 0 Å². The molecule has 0 saturated carbocycles. The Balaban J connectivity index is 2.63. The molecular formula is C17H17NO2. The van der Waals surface area contributed by atoms with Crippen LogP contribution in [0.25, 0.3) is 11.1 Å². The molecule has 20 heavy (non-hydrogen) atoms. The van der Waals surface area contributed by atoms with Crippen LogP contribution < -0.4 is 5.73 Å². The first-order chi connectivity index (χ1) is 9.63. The second-order valence-electron chi connectivity index (χ2n) is 4.48. The highest BCUT2D eigenvalue weighted by Gasteiger charge is 2.15. The first-order valence-corrected chi connectivity index (χ1v) is 6.51. The first kappa shape index (κ1) is 13.9. The van der Waals surface area contributed by atoms with Crippen molar-refractivity contribution in [3.05, 3.63) is 65.7 Å². The van der Waals surface area contributed by atoms with Gasteiger partial charge in [-0.1, -0.05) is 49.4 Å². The zero-order valence-corrected chi connectivity index (χ0v) is 11.3. The van der Waals surface area contributed by atoms with Crippen molar-refractivity contribution in [2.45, 2.75) is 13.3 Å². The number of primary amides is 1. The number of benzene rings is 2. The van der Waals surface area contributed by atoms with Crippen molar-refractivity contribution in [1.82, 2.24) is 0 Å². The number of aromatic hydroxyl groups is 1. The number of carbonyl (C=O) groups is 1. The Morgan fingerprint density at radius 2 is 1.60 bits per heavy atom. The summed E-state index contributed by atoms with van der Waals surface area (Å²) in [6, 6.07) is 16.2. The van der Waals surface area contributed by atoms with E-state index in [1.165, 1.54) is 0 Å². The van der Waals surface area contributed by atoms with E-state index >= 15 is 0 Å². The van der Waals surface area contributed by atoms with Gasteiger partial charge in [-0.15, -0.1) is 0 Å². The van der Waals surface area contributed by atoms with Crippen molar-refractivity contribution >= 4 is 17.1 Å². The molecule has 0 bridgehead atoms. The van der Waals surface area contributed by atoms with E-state index in [0.717, 1.165) is 16.7 Å². The lowest BCUT2D eigenvalue weighted by Gasteiger charge is -2.12. The van der Waals surface area contributed by atoms with Crippen molar-refractivity contribution in [2.24, 2.45) is 5.73 Å². The van der Waals surface area contributed by atoms with Gasteiger partial charge in [0.2, 0.25) is 5.91 Å². The van der Waals surface area contributed by atoms with Crippen molar-refractivity contribution in [2.75, 3.05) is 0 Å². The highest BCUT2D eigenvalue weighted by molar-refractivity contribution is 6.26. The summed E-state index contributed by atoms with van der Waals surface area (Å²) < 4.78 is 0. The maximum Gasteiger partial charge on any atom is 0.249 e. The van der Waals surface area contributed by atoms with Crippen molar-refractivity contribution in [1.29, 1.82) is 0 Å². The summed E-state index contributed by atoms with van der Waals surface area (Å²) in [5, 5.41) is 9.36. The number of rotatable bonds is 4. The van der Waals surface area contributed by atoms with E-state index in [1.54, 1.807) is 24.3 Å². The van der Waals surface area contributed by atoms with Crippen LogP contribution in [0.1, 0.15) is 24.5 Å². The van der Waals surface area contributed by atoms with Gasteiger partial charge in [-0.3, -0.25) is 4.79 Å². The van der Waals surface area contributed by atoms with E-state index in [-0.39, 0.29) is 5.75 Å². The van der Waals surface area contributed by atoms with Crippen LogP contribution in [0.4, 0.5) is 0 Å².